The van der Waals surface area contributed by atoms with Gasteiger partial charge in [-0.25, -0.2) is 0 Å². The highest BCUT2D eigenvalue weighted by Gasteiger charge is 2.24. The Kier molecular flexibility index (Phi) is 4.46. The standard InChI is InChI=1S/C21H24O3/c1-14-5-10-19(24-13-17-12-23-17)18(11-14)20(22)15-6-8-16(9-7-15)21(2,3)4/h5-11,17H,12-13H2,1-4H3. The quantitative estimate of drug-likeness (QED) is 0.608. The number of carbonyl (C=O) groups excluding carboxylic acids is 1. The smallest absolute Gasteiger partial charge is 0.196 e. The van der Waals surface area contributed by atoms with E-state index in [0.29, 0.717) is 23.5 Å². The van der Waals surface area contributed by atoms with Crippen molar-refractivity contribution < 1.29 is 14.3 Å². The van der Waals surface area contributed by atoms with Gasteiger partial charge in [0.1, 0.15) is 18.5 Å². The molecule has 0 aliphatic carbocycles. The van der Waals surface area contributed by atoms with Gasteiger partial charge in [0, 0.05) is 5.56 Å². The minimum atomic E-state index is -0.00845. The summed E-state index contributed by atoms with van der Waals surface area (Å²) in [6.45, 7) is 9.70. The summed E-state index contributed by atoms with van der Waals surface area (Å²) in [5.41, 5.74) is 3.62. The van der Waals surface area contributed by atoms with E-state index in [1.807, 2.05) is 49.4 Å². The van der Waals surface area contributed by atoms with Gasteiger partial charge in [-0.3, -0.25) is 4.79 Å². The second kappa shape index (κ2) is 6.40. The molecule has 1 unspecified atom stereocenters. The number of ether oxygens (including phenoxy) is 2. The third-order valence-electron chi connectivity index (χ3n) is 4.22. The highest BCUT2D eigenvalue weighted by molar-refractivity contribution is 6.10. The highest BCUT2D eigenvalue weighted by Crippen LogP contribution is 2.27. The summed E-state index contributed by atoms with van der Waals surface area (Å²) in [6, 6.07) is 13.6. The number of hydrogen-bond donors (Lipinski definition) is 0. The van der Waals surface area contributed by atoms with Crippen molar-refractivity contribution in [1.29, 1.82) is 0 Å². The van der Waals surface area contributed by atoms with Crippen molar-refractivity contribution in [2.24, 2.45) is 0 Å². The lowest BCUT2D eigenvalue weighted by Crippen LogP contribution is -2.12. The van der Waals surface area contributed by atoms with Gasteiger partial charge >= 0.3 is 0 Å². The van der Waals surface area contributed by atoms with E-state index >= 15 is 0 Å². The van der Waals surface area contributed by atoms with Crippen LogP contribution in [0.3, 0.4) is 0 Å². The summed E-state index contributed by atoms with van der Waals surface area (Å²) in [7, 11) is 0. The summed E-state index contributed by atoms with van der Waals surface area (Å²) < 4.78 is 11.0. The number of rotatable bonds is 5. The van der Waals surface area contributed by atoms with E-state index in [1.54, 1.807) is 0 Å². The summed E-state index contributed by atoms with van der Waals surface area (Å²) >= 11 is 0. The Bertz CT molecular complexity index is 735. The summed E-state index contributed by atoms with van der Waals surface area (Å²) in [5.74, 6) is 0.617. The monoisotopic (exact) mass is 324 g/mol. The second-order valence-electron chi connectivity index (χ2n) is 7.42. The molecule has 1 fully saturated rings. The summed E-state index contributed by atoms with van der Waals surface area (Å²) in [5, 5.41) is 0. The van der Waals surface area contributed by atoms with Crippen LogP contribution in [0.15, 0.2) is 42.5 Å². The van der Waals surface area contributed by atoms with E-state index in [2.05, 4.69) is 20.8 Å². The number of benzene rings is 2. The molecule has 0 amide bonds. The van der Waals surface area contributed by atoms with E-state index in [1.165, 1.54) is 5.56 Å². The van der Waals surface area contributed by atoms with Crippen molar-refractivity contribution in [3.05, 3.63) is 64.7 Å². The minimum Gasteiger partial charge on any atom is -0.490 e. The predicted molar refractivity (Wildman–Crippen MR) is 95.0 cm³/mol. The Balaban J connectivity index is 1.86. The van der Waals surface area contributed by atoms with Crippen LogP contribution in [0.2, 0.25) is 0 Å². The molecule has 1 aliphatic rings. The van der Waals surface area contributed by atoms with Gasteiger partial charge < -0.3 is 9.47 Å². The van der Waals surface area contributed by atoms with Gasteiger partial charge in [-0.2, -0.15) is 0 Å². The van der Waals surface area contributed by atoms with E-state index in [9.17, 15) is 4.79 Å². The molecule has 24 heavy (non-hydrogen) atoms. The van der Waals surface area contributed by atoms with E-state index in [0.717, 1.165) is 12.2 Å². The van der Waals surface area contributed by atoms with Crippen LogP contribution in [0.5, 0.6) is 5.75 Å². The van der Waals surface area contributed by atoms with Gasteiger partial charge in [-0.1, -0.05) is 56.7 Å². The number of epoxide rings is 1. The molecule has 1 heterocycles. The molecular formula is C21H24O3. The molecular weight excluding hydrogens is 300 g/mol. The molecule has 1 atom stereocenters. The molecule has 3 heteroatoms. The number of hydrogen-bond acceptors (Lipinski definition) is 3. The zero-order valence-corrected chi connectivity index (χ0v) is 14.8. The SMILES string of the molecule is Cc1ccc(OCC2CO2)c(C(=O)c2ccc(C(C)(C)C)cc2)c1. The van der Waals surface area contributed by atoms with Crippen molar-refractivity contribution in [2.75, 3.05) is 13.2 Å². The van der Waals surface area contributed by atoms with Gasteiger partial charge in [-0.05, 0) is 30.0 Å². The van der Waals surface area contributed by atoms with E-state index in [-0.39, 0.29) is 17.3 Å². The third kappa shape index (κ3) is 3.85. The van der Waals surface area contributed by atoms with E-state index in [4.69, 9.17) is 9.47 Å². The van der Waals surface area contributed by atoms with Gasteiger partial charge in [0.15, 0.2) is 5.78 Å². The molecule has 0 saturated carbocycles. The van der Waals surface area contributed by atoms with Crippen LogP contribution < -0.4 is 4.74 Å². The van der Waals surface area contributed by atoms with Crippen LogP contribution in [-0.4, -0.2) is 25.1 Å². The maximum Gasteiger partial charge on any atom is 0.196 e. The molecule has 0 N–H and O–H groups in total. The first kappa shape index (κ1) is 16.7. The van der Waals surface area contributed by atoms with E-state index < -0.39 is 0 Å². The first-order chi connectivity index (χ1) is 11.3. The molecule has 126 valence electrons. The lowest BCUT2D eigenvalue weighted by Gasteiger charge is -2.19. The first-order valence-corrected chi connectivity index (χ1v) is 8.35. The average molecular weight is 324 g/mol. The lowest BCUT2D eigenvalue weighted by atomic mass is 9.86. The Labute approximate surface area is 143 Å². The van der Waals surface area contributed by atoms with Crippen LogP contribution in [0.4, 0.5) is 0 Å². The molecule has 3 rings (SSSR count). The second-order valence-corrected chi connectivity index (χ2v) is 7.42. The first-order valence-electron chi connectivity index (χ1n) is 8.35. The third-order valence-corrected chi connectivity index (χ3v) is 4.22. The Hall–Kier alpha value is -2.13. The van der Waals surface area contributed by atoms with Crippen LogP contribution in [-0.2, 0) is 10.2 Å². The molecule has 0 spiro atoms. The van der Waals surface area contributed by atoms with Gasteiger partial charge in [0.25, 0.3) is 0 Å². The van der Waals surface area contributed by atoms with Gasteiger partial charge in [0.05, 0.1) is 12.2 Å². The zero-order valence-electron chi connectivity index (χ0n) is 14.8. The molecule has 0 radical (unpaired) electrons. The molecule has 3 nitrogen and oxygen atoms in total. The molecule has 1 aliphatic heterocycles. The number of carbonyl (C=O) groups is 1. The topological polar surface area (TPSA) is 38.8 Å². The molecule has 0 bridgehead atoms. The highest BCUT2D eigenvalue weighted by atomic mass is 16.6. The van der Waals surface area contributed by atoms with Crippen LogP contribution >= 0.6 is 0 Å². The van der Waals surface area contributed by atoms with Gasteiger partial charge in [-0.15, -0.1) is 0 Å². The van der Waals surface area contributed by atoms with Crippen molar-refractivity contribution in [3.63, 3.8) is 0 Å². The summed E-state index contributed by atoms with van der Waals surface area (Å²) in [6.07, 6.45) is 0.167. The Morgan fingerprint density at radius 2 is 1.83 bits per heavy atom. The maximum atomic E-state index is 12.9. The number of aryl methyl sites for hydroxylation is 1. The largest absolute Gasteiger partial charge is 0.490 e. The fourth-order valence-corrected chi connectivity index (χ4v) is 2.57. The Morgan fingerprint density at radius 1 is 1.17 bits per heavy atom. The van der Waals surface area contributed by atoms with Crippen LogP contribution in [0, 0.1) is 6.92 Å². The Morgan fingerprint density at radius 3 is 2.42 bits per heavy atom. The molecule has 0 aromatic heterocycles. The normalized spacial score (nSPS) is 16.8. The fourth-order valence-electron chi connectivity index (χ4n) is 2.57. The molecule has 2 aromatic rings. The van der Waals surface area contributed by atoms with Crippen molar-refractivity contribution in [1.82, 2.24) is 0 Å². The fraction of sp³-hybridized carbons (Fsp3) is 0.381. The number of ketones is 1. The zero-order chi connectivity index (χ0) is 17.3. The van der Waals surface area contributed by atoms with Crippen molar-refractivity contribution >= 4 is 5.78 Å². The maximum absolute atomic E-state index is 12.9. The predicted octanol–water partition coefficient (Wildman–Crippen LogP) is 4.30. The van der Waals surface area contributed by atoms with Crippen LogP contribution in [0.1, 0.15) is 47.8 Å². The van der Waals surface area contributed by atoms with Crippen LogP contribution in [0.25, 0.3) is 0 Å². The minimum absolute atomic E-state index is 0.00845. The lowest BCUT2D eigenvalue weighted by molar-refractivity contribution is 0.103. The molecule has 1 saturated heterocycles. The van der Waals surface area contributed by atoms with Crippen molar-refractivity contribution in [2.45, 2.75) is 39.2 Å². The van der Waals surface area contributed by atoms with Gasteiger partial charge in [0.2, 0.25) is 0 Å². The summed E-state index contributed by atoms with van der Waals surface area (Å²) in [4.78, 5) is 12.9. The van der Waals surface area contributed by atoms with Crippen molar-refractivity contribution in [3.8, 4) is 5.75 Å². The molecule has 2 aromatic carbocycles. The average Bonchev–Trinajstić information content (AvgIpc) is 3.36.